The van der Waals surface area contributed by atoms with E-state index in [1.54, 1.807) is 24.7 Å². The molecule has 2 aromatic heterocycles. The fourth-order valence-electron chi connectivity index (χ4n) is 3.54. The van der Waals surface area contributed by atoms with Gasteiger partial charge in [0.1, 0.15) is 5.82 Å². The van der Waals surface area contributed by atoms with Crippen molar-refractivity contribution in [2.24, 2.45) is 0 Å². The van der Waals surface area contributed by atoms with E-state index in [-0.39, 0.29) is 0 Å². The number of anilines is 1. The molecule has 5 nitrogen and oxygen atoms in total. The minimum atomic E-state index is 0.356. The third kappa shape index (κ3) is 3.09. The van der Waals surface area contributed by atoms with Crippen LogP contribution in [0.15, 0.2) is 55.0 Å². The van der Waals surface area contributed by atoms with Crippen molar-refractivity contribution in [2.75, 3.05) is 11.4 Å². The zero-order valence-corrected chi connectivity index (χ0v) is 14.3. The van der Waals surface area contributed by atoms with Gasteiger partial charge in [-0.05, 0) is 36.1 Å². The lowest BCUT2D eigenvalue weighted by Gasteiger charge is -2.38. The van der Waals surface area contributed by atoms with Gasteiger partial charge in [0.25, 0.3) is 0 Å². The van der Waals surface area contributed by atoms with E-state index < -0.39 is 0 Å². The molecule has 1 aliphatic heterocycles. The first-order chi connectivity index (χ1) is 12.4. The predicted octanol–water partition coefficient (Wildman–Crippen LogP) is 3.84. The molecular formula is C20H21N5. The number of aromatic nitrogens is 4. The Morgan fingerprint density at radius 3 is 2.60 bits per heavy atom. The van der Waals surface area contributed by atoms with Crippen LogP contribution in [0.3, 0.4) is 0 Å². The predicted molar refractivity (Wildman–Crippen MR) is 98.2 cm³/mol. The normalized spacial score (nSPS) is 16.5. The molecule has 3 aromatic rings. The Labute approximate surface area is 147 Å². The van der Waals surface area contributed by atoms with E-state index in [2.05, 4.69) is 51.0 Å². The summed E-state index contributed by atoms with van der Waals surface area (Å²) in [7, 11) is 0. The molecule has 0 aliphatic carbocycles. The van der Waals surface area contributed by atoms with Crippen LogP contribution in [0.25, 0.3) is 11.6 Å². The summed E-state index contributed by atoms with van der Waals surface area (Å²) in [4.78, 5) is 20.1. The van der Waals surface area contributed by atoms with E-state index in [0.29, 0.717) is 17.7 Å². The second kappa shape index (κ2) is 6.97. The van der Waals surface area contributed by atoms with E-state index in [4.69, 9.17) is 4.98 Å². The second-order valence-corrected chi connectivity index (χ2v) is 6.26. The van der Waals surface area contributed by atoms with Crippen LogP contribution in [-0.4, -0.2) is 26.5 Å². The Morgan fingerprint density at radius 1 is 0.960 bits per heavy atom. The third-order valence-corrected chi connectivity index (χ3v) is 4.68. The zero-order valence-electron chi connectivity index (χ0n) is 14.3. The fraction of sp³-hybridized carbons (Fsp3) is 0.300. The van der Waals surface area contributed by atoms with E-state index in [1.807, 2.05) is 6.07 Å². The molecule has 126 valence electrons. The highest BCUT2D eigenvalue weighted by molar-refractivity contribution is 5.52. The average Bonchev–Trinajstić information content (AvgIpc) is 2.69. The van der Waals surface area contributed by atoms with Crippen molar-refractivity contribution >= 4 is 5.82 Å². The van der Waals surface area contributed by atoms with Gasteiger partial charge in [-0.1, -0.05) is 37.6 Å². The van der Waals surface area contributed by atoms with Gasteiger partial charge in [0, 0.05) is 25.1 Å². The summed E-state index contributed by atoms with van der Waals surface area (Å²) in [5, 5.41) is 0. The van der Waals surface area contributed by atoms with Gasteiger partial charge in [-0.2, -0.15) is 0 Å². The molecule has 1 atom stereocenters. The van der Waals surface area contributed by atoms with Crippen molar-refractivity contribution in [2.45, 2.75) is 32.2 Å². The molecule has 0 radical (unpaired) electrons. The summed E-state index contributed by atoms with van der Waals surface area (Å²) in [5.74, 6) is 2.09. The van der Waals surface area contributed by atoms with Gasteiger partial charge in [-0.25, -0.2) is 19.9 Å². The van der Waals surface area contributed by atoms with Crippen molar-refractivity contribution in [1.29, 1.82) is 0 Å². The summed E-state index contributed by atoms with van der Waals surface area (Å²) in [6.45, 7) is 3.20. The standard InChI is InChI=1S/C20H21N5/c1-2-6-17-16-8-4-3-7-15(16)10-14-25(17)18-9-13-23-20(24-18)19-21-11-5-12-22-19/h3-5,7-9,11-13,17H,2,6,10,14H2,1H3. The van der Waals surface area contributed by atoms with E-state index in [1.165, 1.54) is 11.1 Å². The molecule has 5 heteroatoms. The largest absolute Gasteiger partial charge is 0.349 e. The molecule has 1 unspecified atom stereocenters. The number of fused-ring (bicyclic) bond motifs is 1. The van der Waals surface area contributed by atoms with Gasteiger partial charge < -0.3 is 4.90 Å². The maximum atomic E-state index is 4.76. The molecule has 1 aliphatic rings. The fourth-order valence-corrected chi connectivity index (χ4v) is 3.54. The minimum absolute atomic E-state index is 0.356. The van der Waals surface area contributed by atoms with Crippen molar-refractivity contribution in [3.05, 3.63) is 66.1 Å². The maximum absolute atomic E-state index is 4.76. The lowest BCUT2D eigenvalue weighted by Crippen LogP contribution is -2.36. The summed E-state index contributed by atoms with van der Waals surface area (Å²) >= 11 is 0. The molecule has 3 heterocycles. The summed E-state index contributed by atoms with van der Waals surface area (Å²) in [5.41, 5.74) is 2.88. The lowest BCUT2D eigenvalue weighted by molar-refractivity contribution is 0.533. The zero-order chi connectivity index (χ0) is 17.1. The van der Waals surface area contributed by atoms with Crippen LogP contribution >= 0.6 is 0 Å². The molecule has 4 rings (SSSR count). The Morgan fingerprint density at radius 2 is 1.76 bits per heavy atom. The SMILES string of the molecule is CCCC1c2ccccc2CCN1c1ccnc(-c2ncccn2)n1. The first-order valence-electron chi connectivity index (χ1n) is 8.81. The topological polar surface area (TPSA) is 54.8 Å². The highest BCUT2D eigenvalue weighted by atomic mass is 15.2. The number of benzene rings is 1. The Balaban J connectivity index is 1.71. The third-order valence-electron chi connectivity index (χ3n) is 4.68. The van der Waals surface area contributed by atoms with Crippen molar-refractivity contribution in [3.8, 4) is 11.6 Å². The highest BCUT2D eigenvalue weighted by Crippen LogP contribution is 2.35. The van der Waals surface area contributed by atoms with Crippen LogP contribution < -0.4 is 4.90 Å². The number of hydrogen-bond acceptors (Lipinski definition) is 5. The quantitative estimate of drug-likeness (QED) is 0.727. The number of nitrogens with zero attached hydrogens (tertiary/aromatic N) is 5. The smallest absolute Gasteiger partial charge is 0.199 e. The van der Waals surface area contributed by atoms with Gasteiger partial charge >= 0.3 is 0 Å². The molecule has 0 fully saturated rings. The van der Waals surface area contributed by atoms with Crippen LogP contribution in [0.1, 0.15) is 36.9 Å². The van der Waals surface area contributed by atoms with Crippen LogP contribution in [0.5, 0.6) is 0 Å². The second-order valence-electron chi connectivity index (χ2n) is 6.26. The summed E-state index contributed by atoms with van der Waals surface area (Å²) < 4.78 is 0. The van der Waals surface area contributed by atoms with E-state index >= 15 is 0 Å². The average molecular weight is 331 g/mol. The van der Waals surface area contributed by atoms with Crippen molar-refractivity contribution < 1.29 is 0 Å². The van der Waals surface area contributed by atoms with Gasteiger partial charge in [0.15, 0.2) is 11.6 Å². The van der Waals surface area contributed by atoms with Crippen molar-refractivity contribution in [1.82, 2.24) is 19.9 Å². The maximum Gasteiger partial charge on any atom is 0.199 e. The molecule has 25 heavy (non-hydrogen) atoms. The van der Waals surface area contributed by atoms with Crippen LogP contribution in [0.2, 0.25) is 0 Å². The highest BCUT2D eigenvalue weighted by Gasteiger charge is 2.27. The van der Waals surface area contributed by atoms with Gasteiger partial charge in [0.2, 0.25) is 0 Å². The molecule has 1 aromatic carbocycles. The molecule has 0 amide bonds. The van der Waals surface area contributed by atoms with Gasteiger partial charge in [-0.3, -0.25) is 0 Å². The monoisotopic (exact) mass is 331 g/mol. The lowest BCUT2D eigenvalue weighted by atomic mass is 9.90. The molecule has 0 N–H and O–H groups in total. The Kier molecular flexibility index (Phi) is 4.37. The minimum Gasteiger partial charge on any atom is -0.349 e. The van der Waals surface area contributed by atoms with E-state index in [9.17, 15) is 0 Å². The summed E-state index contributed by atoms with van der Waals surface area (Å²) in [6.07, 6.45) is 8.52. The first kappa shape index (κ1) is 15.7. The number of hydrogen-bond donors (Lipinski definition) is 0. The molecular weight excluding hydrogens is 310 g/mol. The van der Waals surface area contributed by atoms with Gasteiger partial charge in [-0.15, -0.1) is 0 Å². The summed E-state index contributed by atoms with van der Waals surface area (Å²) in [6, 6.07) is 12.9. The van der Waals surface area contributed by atoms with E-state index in [0.717, 1.165) is 31.6 Å². The van der Waals surface area contributed by atoms with Crippen molar-refractivity contribution in [3.63, 3.8) is 0 Å². The molecule has 0 bridgehead atoms. The van der Waals surface area contributed by atoms with Crippen LogP contribution in [0.4, 0.5) is 5.82 Å². The molecule has 0 saturated carbocycles. The molecule has 0 saturated heterocycles. The first-order valence-corrected chi connectivity index (χ1v) is 8.81. The Hall–Kier alpha value is -2.82. The van der Waals surface area contributed by atoms with Crippen LogP contribution in [0, 0.1) is 0 Å². The van der Waals surface area contributed by atoms with Crippen LogP contribution in [-0.2, 0) is 6.42 Å². The van der Waals surface area contributed by atoms with Gasteiger partial charge in [0.05, 0.1) is 6.04 Å². The number of rotatable bonds is 4. The molecule has 0 spiro atoms. The Bertz CT molecular complexity index is 849.